The number of hydrogen-bond acceptors (Lipinski definition) is 4. The molecule has 0 bridgehead atoms. The Labute approximate surface area is 200 Å². The maximum Gasteiger partial charge on any atom is 0.407 e. The van der Waals surface area contributed by atoms with E-state index >= 15 is 0 Å². The van der Waals surface area contributed by atoms with Crippen LogP contribution in [0.25, 0.3) is 0 Å². The summed E-state index contributed by atoms with van der Waals surface area (Å²) in [4.78, 5) is 36.5. The van der Waals surface area contributed by atoms with Crippen molar-refractivity contribution in [2.75, 3.05) is 0 Å². The van der Waals surface area contributed by atoms with Gasteiger partial charge >= 0.3 is 12.1 Å². The molecule has 1 fully saturated rings. The SMILES string of the molecule is CCC(Cc1ccccc1)CC(NC(C)=O)C1(NC(=O)OCc2ccccc2)CC(C(=O)O)C1. The highest BCUT2D eigenvalue weighted by Gasteiger charge is 2.54. The van der Waals surface area contributed by atoms with E-state index in [0.717, 1.165) is 18.4 Å². The van der Waals surface area contributed by atoms with Gasteiger partial charge in [0.1, 0.15) is 6.61 Å². The first-order valence-electron chi connectivity index (χ1n) is 11.8. The van der Waals surface area contributed by atoms with Gasteiger partial charge in [0.05, 0.1) is 17.5 Å². The highest BCUT2D eigenvalue weighted by atomic mass is 16.5. The topological polar surface area (TPSA) is 105 Å². The number of aliphatic carboxylic acids is 1. The van der Waals surface area contributed by atoms with Crippen LogP contribution in [0, 0.1) is 11.8 Å². The third kappa shape index (κ3) is 6.83. The van der Waals surface area contributed by atoms with Gasteiger partial charge in [-0.1, -0.05) is 74.0 Å². The fourth-order valence-electron chi connectivity index (χ4n) is 4.77. The van der Waals surface area contributed by atoms with Gasteiger partial charge < -0.3 is 20.5 Å². The van der Waals surface area contributed by atoms with E-state index in [1.807, 2.05) is 48.5 Å². The summed E-state index contributed by atoms with van der Waals surface area (Å²) in [5.74, 6) is -1.42. The van der Waals surface area contributed by atoms with Crippen LogP contribution in [0.15, 0.2) is 60.7 Å². The van der Waals surface area contributed by atoms with Crippen LogP contribution in [-0.2, 0) is 27.4 Å². The number of carbonyl (C=O) groups excluding carboxylic acids is 2. The first-order valence-corrected chi connectivity index (χ1v) is 11.8. The van der Waals surface area contributed by atoms with Crippen molar-refractivity contribution in [1.82, 2.24) is 10.6 Å². The predicted molar refractivity (Wildman–Crippen MR) is 129 cm³/mol. The number of benzene rings is 2. The number of ether oxygens (including phenoxy) is 1. The molecule has 34 heavy (non-hydrogen) atoms. The summed E-state index contributed by atoms with van der Waals surface area (Å²) in [6.07, 6.45) is 2.23. The van der Waals surface area contributed by atoms with E-state index in [4.69, 9.17) is 4.74 Å². The van der Waals surface area contributed by atoms with Gasteiger partial charge in [-0.2, -0.15) is 0 Å². The zero-order valence-electron chi connectivity index (χ0n) is 19.8. The monoisotopic (exact) mass is 466 g/mol. The Hall–Kier alpha value is -3.35. The minimum absolute atomic E-state index is 0.113. The van der Waals surface area contributed by atoms with Crippen LogP contribution in [0.5, 0.6) is 0 Å². The first-order chi connectivity index (χ1) is 16.3. The average molecular weight is 467 g/mol. The number of carboxylic acid groups (broad SMARTS) is 1. The van der Waals surface area contributed by atoms with Gasteiger partial charge in [-0.3, -0.25) is 9.59 Å². The van der Waals surface area contributed by atoms with Crippen molar-refractivity contribution in [3.8, 4) is 0 Å². The molecule has 182 valence electrons. The number of carbonyl (C=O) groups is 3. The number of hydrogen-bond donors (Lipinski definition) is 3. The van der Waals surface area contributed by atoms with E-state index < -0.39 is 29.6 Å². The number of amides is 2. The zero-order chi connectivity index (χ0) is 24.6. The van der Waals surface area contributed by atoms with Gasteiger partial charge in [-0.15, -0.1) is 0 Å². The number of carboxylic acids is 1. The molecule has 7 heteroatoms. The predicted octanol–water partition coefficient (Wildman–Crippen LogP) is 4.31. The van der Waals surface area contributed by atoms with Crippen LogP contribution in [0.4, 0.5) is 4.79 Å². The van der Waals surface area contributed by atoms with Gasteiger partial charge in [-0.05, 0) is 42.7 Å². The normalized spacial score (nSPS) is 20.9. The molecule has 0 saturated heterocycles. The number of nitrogens with one attached hydrogen (secondary N) is 2. The lowest BCUT2D eigenvalue weighted by atomic mass is 9.62. The van der Waals surface area contributed by atoms with Crippen LogP contribution >= 0.6 is 0 Å². The summed E-state index contributed by atoms with van der Waals surface area (Å²) in [5.41, 5.74) is 1.19. The second kappa shape index (κ2) is 11.7. The molecule has 0 heterocycles. The molecule has 2 aromatic carbocycles. The summed E-state index contributed by atoms with van der Waals surface area (Å²) in [6.45, 7) is 3.66. The van der Waals surface area contributed by atoms with Crippen molar-refractivity contribution in [3.63, 3.8) is 0 Å². The number of rotatable bonds is 11. The molecular weight excluding hydrogens is 432 g/mol. The van der Waals surface area contributed by atoms with Crippen molar-refractivity contribution < 1.29 is 24.2 Å². The van der Waals surface area contributed by atoms with E-state index in [1.165, 1.54) is 12.5 Å². The highest BCUT2D eigenvalue weighted by Crippen LogP contribution is 2.43. The van der Waals surface area contributed by atoms with Crippen LogP contribution in [0.3, 0.4) is 0 Å². The molecule has 2 amide bonds. The van der Waals surface area contributed by atoms with Gasteiger partial charge in [0, 0.05) is 6.92 Å². The van der Waals surface area contributed by atoms with Crippen LogP contribution < -0.4 is 10.6 Å². The highest BCUT2D eigenvalue weighted by molar-refractivity contribution is 5.76. The van der Waals surface area contributed by atoms with Crippen LogP contribution in [0.1, 0.15) is 50.7 Å². The third-order valence-electron chi connectivity index (χ3n) is 6.69. The smallest absolute Gasteiger partial charge is 0.407 e. The molecule has 0 spiro atoms. The molecule has 2 aromatic rings. The Bertz CT molecular complexity index is 958. The number of alkyl carbamates (subject to hydrolysis) is 1. The third-order valence-corrected chi connectivity index (χ3v) is 6.69. The average Bonchev–Trinajstić information content (AvgIpc) is 2.79. The largest absolute Gasteiger partial charge is 0.481 e. The molecule has 0 aromatic heterocycles. The fraction of sp³-hybridized carbons (Fsp3) is 0.444. The lowest BCUT2D eigenvalue weighted by Gasteiger charge is -2.51. The van der Waals surface area contributed by atoms with E-state index in [-0.39, 0.29) is 31.3 Å². The molecule has 3 N–H and O–H groups in total. The summed E-state index contributed by atoms with van der Waals surface area (Å²) in [6, 6.07) is 19.1. The van der Waals surface area contributed by atoms with E-state index in [9.17, 15) is 19.5 Å². The zero-order valence-corrected chi connectivity index (χ0v) is 19.8. The van der Waals surface area contributed by atoms with E-state index in [2.05, 4.69) is 29.7 Å². The minimum atomic E-state index is -0.895. The van der Waals surface area contributed by atoms with Crippen molar-refractivity contribution in [3.05, 3.63) is 71.8 Å². The maximum atomic E-state index is 12.7. The standard InChI is InChI=1S/C27H34N2O5/c1-3-20(14-21-10-6-4-7-11-21)15-24(28-19(2)30)27(16-23(17-27)25(31)32)29-26(33)34-18-22-12-8-5-9-13-22/h4-13,20,23-24H,3,14-18H2,1-2H3,(H,28,30)(H,29,33)(H,31,32). The maximum absolute atomic E-state index is 12.7. The molecule has 1 aliphatic carbocycles. The summed E-state index contributed by atoms with van der Waals surface area (Å²) < 4.78 is 5.43. The molecule has 1 aliphatic rings. The van der Waals surface area contributed by atoms with Gasteiger partial charge in [0.2, 0.25) is 5.91 Å². The molecule has 0 aliphatic heterocycles. The second-order valence-electron chi connectivity index (χ2n) is 9.24. The van der Waals surface area contributed by atoms with Crippen molar-refractivity contribution in [2.24, 2.45) is 11.8 Å². The van der Waals surface area contributed by atoms with Crippen molar-refractivity contribution >= 4 is 18.0 Å². The molecule has 0 radical (unpaired) electrons. The Balaban J connectivity index is 1.75. The molecule has 2 unspecified atom stereocenters. The van der Waals surface area contributed by atoms with E-state index in [1.54, 1.807) is 0 Å². The molecule has 1 saturated carbocycles. The molecule has 2 atom stereocenters. The van der Waals surface area contributed by atoms with Gasteiger partial charge in [0.15, 0.2) is 0 Å². The summed E-state index contributed by atoms with van der Waals surface area (Å²) >= 11 is 0. The van der Waals surface area contributed by atoms with Gasteiger partial charge in [0.25, 0.3) is 0 Å². The second-order valence-corrected chi connectivity index (χ2v) is 9.24. The fourth-order valence-corrected chi connectivity index (χ4v) is 4.77. The van der Waals surface area contributed by atoms with Gasteiger partial charge in [-0.25, -0.2) is 4.79 Å². The lowest BCUT2D eigenvalue weighted by Crippen LogP contribution is -2.69. The Morgan fingerprint density at radius 1 is 1.03 bits per heavy atom. The molecule has 7 nitrogen and oxygen atoms in total. The minimum Gasteiger partial charge on any atom is -0.481 e. The Morgan fingerprint density at radius 2 is 1.62 bits per heavy atom. The lowest BCUT2D eigenvalue weighted by molar-refractivity contribution is -0.148. The molecule has 3 rings (SSSR count). The quantitative estimate of drug-likeness (QED) is 0.458. The summed E-state index contributed by atoms with van der Waals surface area (Å²) in [7, 11) is 0. The first kappa shape index (κ1) is 25.3. The van der Waals surface area contributed by atoms with E-state index in [0.29, 0.717) is 6.42 Å². The Morgan fingerprint density at radius 3 is 2.15 bits per heavy atom. The van der Waals surface area contributed by atoms with Crippen molar-refractivity contribution in [2.45, 2.75) is 64.1 Å². The van der Waals surface area contributed by atoms with Crippen LogP contribution in [0.2, 0.25) is 0 Å². The Kier molecular flexibility index (Phi) is 8.68. The summed E-state index contributed by atoms with van der Waals surface area (Å²) in [5, 5.41) is 15.5. The van der Waals surface area contributed by atoms with Crippen molar-refractivity contribution in [1.29, 1.82) is 0 Å². The molecular formula is C27H34N2O5. The van der Waals surface area contributed by atoms with Crippen LogP contribution in [-0.4, -0.2) is 34.7 Å².